The molecule has 0 aliphatic heterocycles. The standard InChI is InChI=1S/C20H16ClN5/c21-14-9-10-16-15(11-14)17(12-5-2-1-3-6-12)18(20-23-25-26-24-20)19(22-16)13-7-4-8-13/h1-3,5-6,9-11,13H,4,7-8H2,(H,23,24,25,26). The summed E-state index contributed by atoms with van der Waals surface area (Å²) in [7, 11) is 0. The molecule has 1 aliphatic rings. The van der Waals surface area contributed by atoms with E-state index in [1.807, 2.05) is 36.4 Å². The molecule has 26 heavy (non-hydrogen) atoms. The van der Waals surface area contributed by atoms with Crippen LogP contribution < -0.4 is 0 Å². The highest BCUT2D eigenvalue weighted by atomic mass is 35.5. The zero-order valence-corrected chi connectivity index (χ0v) is 14.7. The lowest BCUT2D eigenvalue weighted by Crippen LogP contribution is -2.13. The summed E-state index contributed by atoms with van der Waals surface area (Å²) in [5.74, 6) is 1.02. The number of tetrazole rings is 1. The third-order valence-corrected chi connectivity index (χ3v) is 5.33. The molecule has 1 N–H and O–H groups in total. The van der Waals surface area contributed by atoms with Gasteiger partial charge in [-0.05, 0) is 41.8 Å². The number of hydrogen-bond acceptors (Lipinski definition) is 4. The number of hydrogen-bond donors (Lipinski definition) is 1. The van der Waals surface area contributed by atoms with E-state index in [1.54, 1.807) is 0 Å². The maximum absolute atomic E-state index is 6.32. The van der Waals surface area contributed by atoms with E-state index < -0.39 is 0 Å². The van der Waals surface area contributed by atoms with E-state index in [1.165, 1.54) is 6.42 Å². The molecule has 0 saturated heterocycles. The second-order valence-corrected chi connectivity index (χ2v) is 7.07. The molecule has 0 atom stereocenters. The van der Waals surface area contributed by atoms with Gasteiger partial charge in [-0.3, -0.25) is 4.98 Å². The SMILES string of the molecule is Clc1ccc2nc(C3CCC3)c(-c3nn[nH]n3)c(-c3ccccc3)c2c1. The molecule has 0 unspecified atom stereocenters. The Hall–Kier alpha value is -2.79. The lowest BCUT2D eigenvalue weighted by Gasteiger charge is -2.28. The highest BCUT2D eigenvalue weighted by Crippen LogP contribution is 2.45. The lowest BCUT2D eigenvalue weighted by molar-refractivity contribution is 0.413. The Balaban J connectivity index is 1.93. The molecule has 1 aliphatic carbocycles. The van der Waals surface area contributed by atoms with Crippen LogP contribution in [0.2, 0.25) is 5.02 Å². The molecule has 1 fully saturated rings. The van der Waals surface area contributed by atoms with E-state index >= 15 is 0 Å². The first-order valence-electron chi connectivity index (χ1n) is 8.73. The van der Waals surface area contributed by atoms with Gasteiger partial charge in [-0.1, -0.05) is 48.4 Å². The first-order chi connectivity index (χ1) is 12.8. The van der Waals surface area contributed by atoms with Crippen LogP contribution in [0.1, 0.15) is 30.9 Å². The van der Waals surface area contributed by atoms with E-state index in [4.69, 9.17) is 16.6 Å². The third kappa shape index (κ3) is 2.47. The van der Waals surface area contributed by atoms with E-state index in [0.717, 1.165) is 46.1 Å². The van der Waals surface area contributed by atoms with Crippen molar-refractivity contribution in [1.29, 1.82) is 0 Å². The Morgan fingerprint density at radius 3 is 2.54 bits per heavy atom. The fraction of sp³-hybridized carbons (Fsp3) is 0.200. The van der Waals surface area contributed by atoms with Crippen LogP contribution in [-0.4, -0.2) is 25.6 Å². The van der Waals surface area contributed by atoms with Crippen LogP contribution in [0.15, 0.2) is 48.5 Å². The van der Waals surface area contributed by atoms with Crippen molar-refractivity contribution < 1.29 is 0 Å². The number of benzene rings is 2. The van der Waals surface area contributed by atoms with E-state index in [2.05, 4.69) is 32.8 Å². The van der Waals surface area contributed by atoms with Crippen LogP contribution in [0.3, 0.4) is 0 Å². The second-order valence-electron chi connectivity index (χ2n) is 6.64. The fourth-order valence-electron chi connectivity index (χ4n) is 3.63. The van der Waals surface area contributed by atoms with Crippen molar-refractivity contribution in [3.8, 4) is 22.5 Å². The molecular formula is C20H16ClN5. The minimum absolute atomic E-state index is 0.436. The topological polar surface area (TPSA) is 67.3 Å². The van der Waals surface area contributed by atoms with E-state index in [9.17, 15) is 0 Å². The second kappa shape index (κ2) is 6.18. The van der Waals surface area contributed by atoms with Gasteiger partial charge in [0.15, 0.2) is 0 Å². The highest BCUT2D eigenvalue weighted by Gasteiger charge is 2.29. The van der Waals surface area contributed by atoms with Crippen LogP contribution in [0, 0.1) is 0 Å². The molecule has 5 nitrogen and oxygen atoms in total. The summed E-state index contributed by atoms with van der Waals surface area (Å²) >= 11 is 6.32. The average molecular weight is 362 g/mol. The lowest BCUT2D eigenvalue weighted by atomic mass is 9.79. The summed E-state index contributed by atoms with van der Waals surface area (Å²) in [5, 5.41) is 16.6. The zero-order valence-electron chi connectivity index (χ0n) is 14.0. The van der Waals surface area contributed by atoms with Crippen LogP contribution in [0.25, 0.3) is 33.4 Å². The van der Waals surface area contributed by atoms with Crippen LogP contribution in [0.5, 0.6) is 0 Å². The summed E-state index contributed by atoms with van der Waals surface area (Å²) in [6, 6.07) is 16.1. The predicted octanol–water partition coefficient (Wildman–Crippen LogP) is 5.00. The monoisotopic (exact) mass is 361 g/mol. The maximum atomic E-state index is 6.32. The number of nitrogens with zero attached hydrogens (tertiary/aromatic N) is 4. The summed E-state index contributed by atoms with van der Waals surface area (Å²) < 4.78 is 0. The fourth-order valence-corrected chi connectivity index (χ4v) is 3.80. The Bertz CT molecular complexity index is 1070. The first kappa shape index (κ1) is 15.5. The smallest absolute Gasteiger partial charge is 0.207 e. The molecule has 4 aromatic rings. The van der Waals surface area contributed by atoms with Gasteiger partial charge < -0.3 is 0 Å². The molecule has 2 heterocycles. The molecule has 5 rings (SSSR count). The summed E-state index contributed by atoms with van der Waals surface area (Å²) in [5.41, 5.74) is 5.14. The van der Waals surface area contributed by atoms with Gasteiger partial charge in [0.1, 0.15) is 0 Å². The number of fused-ring (bicyclic) bond motifs is 1. The molecule has 2 aromatic carbocycles. The highest BCUT2D eigenvalue weighted by molar-refractivity contribution is 6.31. The number of aromatic amines is 1. The van der Waals surface area contributed by atoms with Crippen LogP contribution in [0.4, 0.5) is 0 Å². The van der Waals surface area contributed by atoms with Gasteiger partial charge in [-0.2, -0.15) is 5.21 Å². The van der Waals surface area contributed by atoms with Crippen molar-refractivity contribution in [2.24, 2.45) is 0 Å². The maximum Gasteiger partial charge on any atom is 0.207 e. The first-order valence-corrected chi connectivity index (χ1v) is 9.11. The molecule has 6 heteroatoms. The van der Waals surface area contributed by atoms with Crippen molar-refractivity contribution in [3.05, 3.63) is 59.2 Å². The number of H-pyrrole nitrogens is 1. The summed E-state index contributed by atoms with van der Waals surface area (Å²) in [4.78, 5) is 5.00. The molecule has 0 radical (unpaired) electrons. The van der Waals surface area contributed by atoms with Gasteiger partial charge in [0, 0.05) is 21.9 Å². The Morgan fingerprint density at radius 2 is 1.85 bits per heavy atom. The third-order valence-electron chi connectivity index (χ3n) is 5.10. The minimum atomic E-state index is 0.436. The Kier molecular flexibility index (Phi) is 3.68. The molecule has 2 aromatic heterocycles. The summed E-state index contributed by atoms with van der Waals surface area (Å²) in [6.45, 7) is 0. The van der Waals surface area contributed by atoms with Gasteiger partial charge in [0.2, 0.25) is 5.82 Å². The number of aromatic nitrogens is 5. The van der Waals surface area contributed by atoms with Crippen molar-refractivity contribution in [1.82, 2.24) is 25.6 Å². The molecule has 0 spiro atoms. The van der Waals surface area contributed by atoms with Crippen LogP contribution >= 0.6 is 11.6 Å². The largest absolute Gasteiger partial charge is 0.252 e. The normalized spacial score (nSPS) is 14.5. The van der Waals surface area contributed by atoms with Gasteiger partial charge in [0.05, 0.1) is 16.8 Å². The van der Waals surface area contributed by atoms with Crippen molar-refractivity contribution in [2.75, 3.05) is 0 Å². The predicted molar refractivity (Wildman–Crippen MR) is 102 cm³/mol. The molecular weight excluding hydrogens is 346 g/mol. The molecule has 1 saturated carbocycles. The van der Waals surface area contributed by atoms with Gasteiger partial charge in [-0.15, -0.1) is 10.2 Å². The Morgan fingerprint density at radius 1 is 1.00 bits per heavy atom. The van der Waals surface area contributed by atoms with Crippen molar-refractivity contribution >= 4 is 22.5 Å². The minimum Gasteiger partial charge on any atom is -0.252 e. The zero-order chi connectivity index (χ0) is 17.5. The average Bonchev–Trinajstić information content (AvgIpc) is 3.14. The molecule has 128 valence electrons. The van der Waals surface area contributed by atoms with Gasteiger partial charge in [-0.25, -0.2) is 0 Å². The number of rotatable bonds is 3. The summed E-state index contributed by atoms with van der Waals surface area (Å²) in [6.07, 6.45) is 3.52. The quantitative estimate of drug-likeness (QED) is 0.557. The van der Waals surface area contributed by atoms with Gasteiger partial charge >= 0.3 is 0 Å². The van der Waals surface area contributed by atoms with Crippen molar-refractivity contribution in [3.63, 3.8) is 0 Å². The van der Waals surface area contributed by atoms with Crippen LogP contribution in [-0.2, 0) is 0 Å². The molecule has 0 bridgehead atoms. The van der Waals surface area contributed by atoms with Gasteiger partial charge in [0.25, 0.3) is 0 Å². The van der Waals surface area contributed by atoms with E-state index in [0.29, 0.717) is 16.8 Å². The molecule has 0 amide bonds. The van der Waals surface area contributed by atoms with E-state index in [-0.39, 0.29) is 0 Å². The Labute approximate surface area is 155 Å². The number of halogens is 1. The number of pyridine rings is 1. The number of nitrogens with one attached hydrogen (secondary N) is 1. The van der Waals surface area contributed by atoms with Crippen molar-refractivity contribution in [2.45, 2.75) is 25.2 Å².